The van der Waals surface area contributed by atoms with Crippen molar-refractivity contribution >= 4 is 71.3 Å². The summed E-state index contributed by atoms with van der Waals surface area (Å²) in [4.78, 5) is 2.42. The molecule has 0 aliphatic heterocycles. The van der Waals surface area contributed by atoms with Crippen LogP contribution in [0.25, 0.3) is 98.8 Å². The summed E-state index contributed by atoms with van der Waals surface area (Å²) in [5.41, 5.74) is 17.5. The zero-order valence-corrected chi connectivity index (χ0v) is 36.2. The number of nitrogens with zero attached hydrogens (tertiary/aromatic N) is 1. The van der Waals surface area contributed by atoms with Gasteiger partial charge in [0.15, 0.2) is 0 Å². The number of anilines is 3. The minimum atomic E-state index is -0.114. The van der Waals surface area contributed by atoms with Crippen LogP contribution in [0, 0.1) is 0 Å². The third-order valence-corrected chi connectivity index (χ3v) is 14.0. The predicted octanol–water partition coefficient (Wildman–Crippen LogP) is 17.8. The Bertz CT molecular complexity index is 3850. The van der Waals surface area contributed by atoms with Gasteiger partial charge in [0.1, 0.15) is 11.2 Å². The molecule has 1 aromatic heterocycles. The molecule has 0 amide bonds. The molecule has 306 valence electrons. The van der Waals surface area contributed by atoms with Crippen molar-refractivity contribution in [2.75, 3.05) is 4.90 Å². The quantitative estimate of drug-likeness (QED) is 0.155. The number of para-hydroxylation sites is 1. The molecule has 0 unspecified atom stereocenters. The summed E-state index contributed by atoms with van der Waals surface area (Å²) in [5.74, 6) is 0. The fraction of sp³-hybridized carbons (Fsp3) is 0.0476. The average Bonchev–Trinajstić information content (AvgIpc) is 3.84. The topological polar surface area (TPSA) is 16.4 Å². The predicted molar refractivity (Wildman–Crippen MR) is 275 cm³/mol. The second kappa shape index (κ2) is 14.4. The van der Waals surface area contributed by atoms with Crippen LogP contribution in [-0.2, 0) is 5.41 Å². The van der Waals surface area contributed by atoms with Crippen molar-refractivity contribution < 1.29 is 4.42 Å². The molecular weight excluding hydrogens is 787 g/mol. The van der Waals surface area contributed by atoms with Gasteiger partial charge in [-0.25, -0.2) is 0 Å². The molecule has 1 aliphatic rings. The van der Waals surface area contributed by atoms with Crippen LogP contribution < -0.4 is 4.90 Å². The molecule has 12 aromatic rings. The van der Waals surface area contributed by atoms with E-state index in [-0.39, 0.29) is 5.41 Å². The molecule has 0 N–H and O–H groups in total. The number of fused-ring (bicyclic) bond motifs is 10. The minimum Gasteiger partial charge on any atom is -0.456 e. The summed E-state index contributed by atoms with van der Waals surface area (Å²) >= 11 is 0. The molecule has 0 bridgehead atoms. The molecule has 65 heavy (non-hydrogen) atoms. The highest BCUT2D eigenvalue weighted by atomic mass is 16.3. The van der Waals surface area contributed by atoms with Crippen molar-refractivity contribution in [3.63, 3.8) is 0 Å². The van der Waals surface area contributed by atoms with Crippen LogP contribution in [0.1, 0.15) is 25.0 Å². The molecule has 0 saturated carbocycles. The van der Waals surface area contributed by atoms with Gasteiger partial charge in [-0.1, -0.05) is 184 Å². The lowest BCUT2D eigenvalue weighted by Gasteiger charge is -2.29. The van der Waals surface area contributed by atoms with Gasteiger partial charge in [-0.15, -0.1) is 0 Å². The van der Waals surface area contributed by atoms with Crippen LogP contribution in [0.2, 0.25) is 0 Å². The van der Waals surface area contributed by atoms with E-state index in [0.717, 1.165) is 50.1 Å². The van der Waals surface area contributed by atoms with Gasteiger partial charge in [0, 0.05) is 33.1 Å². The second-order valence-corrected chi connectivity index (χ2v) is 18.0. The first kappa shape index (κ1) is 37.4. The lowest BCUT2D eigenvalue weighted by molar-refractivity contribution is 0.662. The molecule has 0 atom stereocenters. The number of hydrogen-bond donors (Lipinski definition) is 0. The highest BCUT2D eigenvalue weighted by Crippen LogP contribution is 2.52. The van der Waals surface area contributed by atoms with Crippen molar-refractivity contribution in [1.29, 1.82) is 0 Å². The monoisotopic (exact) mass is 829 g/mol. The zero-order chi connectivity index (χ0) is 43.2. The maximum Gasteiger partial charge on any atom is 0.136 e. The van der Waals surface area contributed by atoms with E-state index in [4.69, 9.17) is 4.42 Å². The molecule has 0 radical (unpaired) electrons. The third kappa shape index (κ3) is 5.88. The van der Waals surface area contributed by atoms with Gasteiger partial charge in [0.25, 0.3) is 0 Å². The van der Waals surface area contributed by atoms with Gasteiger partial charge in [-0.05, 0) is 137 Å². The number of rotatable bonds is 6. The molecule has 1 heterocycles. The summed E-state index contributed by atoms with van der Waals surface area (Å²) in [6, 6.07) is 82.2. The molecule has 11 aromatic carbocycles. The Hall–Kier alpha value is -8.20. The highest BCUT2D eigenvalue weighted by molar-refractivity contribution is 6.17. The van der Waals surface area contributed by atoms with Crippen LogP contribution in [0.4, 0.5) is 17.1 Å². The fourth-order valence-electron chi connectivity index (χ4n) is 10.9. The Kier molecular flexibility index (Phi) is 8.29. The Balaban J connectivity index is 0.962. The Morgan fingerprint density at radius 1 is 0.354 bits per heavy atom. The maximum atomic E-state index is 6.60. The van der Waals surface area contributed by atoms with Crippen LogP contribution in [0.15, 0.2) is 229 Å². The molecule has 13 rings (SSSR count). The average molecular weight is 830 g/mol. The first-order valence-corrected chi connectivity index (χ1v) is 22.6. The normalized spacial score (nSPS) is 12.9. The van der Waals surface area contributed by atoms with E-state index in [0.29, 0.717) is 0 Å². The van der Waals surface area contributed by atoms with Crippen LogP contribution >= 0.6 is 0 Å². The number of benzene rings is 11. The molecule has 2 heteroatoms. The van der Waals surface area contributed by atoms with E-state index < -0.39 is 0 Å². The highest BCUT2D eigenvalue weighted by Gasteiger charge is 2.37. The molecular formula is C63H43NO. The Labute approximate surface area is 378 Å². The molecule has 0 fully saturated rings. The Morgan fingerprint density at radius 3 is 1.75 bits per heavy atom. The van der Waals surface area contributed by atoms with Crippen molar-refractivity contribution in [3.8, 4) is 44.5 Å². The van der Waals surface area contributed by atoms with Crippen molar-refractivity contribution in [3.05, 3.63) is 236 Å². The zero-order valence-electron chi connectivity index (χ0n) is 36.2. The van der Waals surface area contributed by atoms with Gasteiger partial charge in [-0.3, -0.25) is 0 Å². The van der Waals surface area contributed by atoms with Crippen LogP contribution in [-0.4, -0.2) is 0 Å². The summed E-state index contributed by atoms with van der Waals surface area (Å²) in [7, 11) is 0. The van der Waals surface area contributed by atoms with Gasteiger partial charge in [0.05, 0.1) is 5.69 Å². The standard InChI is InChI=1S/C63H43NO/c1-63(2)57-22-9-7-17-52(57)55-21-11-19-51(62(55)63)42-29-34-48(35-30-42)64(47-32-27-40(28-33-47)45-31-36-50-46(37-45)26-25-41-13-5-6-16-49(41)50)58-23-10-8-18-53(58)54-20-12-24-59-61(54)56-38-43-14-3-4-15-44(43)39-60(56)65-59/h3-39H,1-2H3. The van der Waals surface area contributed by atoms with Crippen LogP contribution in [0.3, 0.4) is 0 Å². The lowest BCUT2D eigenvalue weighted by Crippen LogP contribution is -2.16. The van der Waals surface area contributed by atoms with E-state index in [1.54, 1.807) is 0 Å². The first-order chi connectivity index (χ1) is 32.0. The summed E-state index contributed by atoms with van der Waals surface area (Å²) < 4.78 is 6.60. The third-order valence-electron chi connectivity index (χ3n) is 14.0. The SMILES string of the molecule is CC1(C)c2ccccc2-c2cccc(-c3ccc(N(c4ccc(-c5ccc6c(ccc7ccccc76)c5)cc4)c4ccccc4-c4cccc5oc6cc7ccccc7cc6c45)cc3)c21. The van der Waals surface area contributed by atoms with Crippen LogP contribution in [0.5, 0.6) is 0 Å². The molecule has 2 nitrogen and oxygen atoms in total. The molecule has 1 aliphatic carbocycles. The first-order valence-electron chi connectivity index (χ1n) is 22.6. The summed E-state index contributed by atoms with van der Waals surface area (Å²) in [6.07, 6.45) is 0. The second-order valence-electron chi connectivity index (χ2n) is 18.0. The molecule has 0 spiro atoms. The largest absolute Gasteiger partial charge is 0.456 e. The van der Waals surface area contributed by atoms with E-state index in [9.17, 15) is 0 Å². The van der Waals surface area contributed by atoms with Crippen molar-refractivity contribution in [2.45, 2.75) is 19.3 Å². The van der Waals surface area contributed by atoms with Gasteiger partial charge < -0.3 is 9.32 Å². The fourth-order valence-corrected chi connectivity index (χ4v) is 10.9. The van der Waals surface area contributed by atoms with Crippen molar-refractivity contribution in [1.82, 2.24) is 0 Å². The van der Waals surface area contributed by atoms with Gasteiger partial charge >= 0.3 is 0 Å². The van der Waals surface area contributed by atoms with Gasteiger partial charge in [-0.2, -0.15) is 0 Å². The lowest BCUT2D eigenvalue weighted by atomic mass is 9.79. The smallest absolute Gasteiger partial charge is 0.136 e. The van der Waals surface area contributed by atoms with E-state index in [1.165, 1.54) is 76.8 Å². The van der Waals surface area contributed by atoms with Crippen molar-refractivity contribution in [2.24, 2.45) is 0 Å². The van der Waals surface area contributed by atoms with Gasteiger partial charge in [0.2, 0.25) is 0 Å². The minimum absolute atomic E-state index is 0.114. The number of hydrogen-bond acceptors (Lipinski definition) is 2. The summed E-state index contributed by atoms with van der Waals surface area (Å²) in [6.45, 7) is 4.73. The van der Waals surface area contributed by atoms with E-state index in [1.807, 2.05) is 0 Å². The summed E-state index contributed by atoms with van der Waals surface area (Å²) in [5, 5.41) is 9.67. The number of furan rings is 1. The maximum absolute atomic E-state index is 6.60. The van der Waals surface area contributed by atoms with E-state index in [2.05, 4.69) is 243 Å². The Morgan fingerprint density at radius 2 is 0.938 bits per heavy atom. The molecule has 0 saturated heterocycles. The van der Waals surface area contributed by atoms with E-state index >= 15 is 0 Å².